The minimum absolute atomic E-state index is 0.00537. The van der Waals surface area contributed by atoms with Gasteiger partial charge in [-0.2, -0.15) is 0 Å². The second kappa shape index (κ2) is 8.45. The molecule has 2 amide bonds. The first-order valence-electron chi connectivity index (χ1n) is 9.96. The third-order valence-electron chi connectivity index (χ3n) is 5.91. The molecule has 2 unspecified atom stereocenters. The molecule has 29 heavy (non-hydrogen) atoms. The molecule has 3 heterocycles. The zero-order valence-corrected chi connectivity index (χ0v) is 17.6. The molecule has 4 rings (SSSR count). The smallest absolute Gasteiger partial charge is 0.263 e. The van der Waals surface area contributed by atoms with Gasteiger partial charge in [-0.05, 0) is 30.4 Å². The highest BCUT2D eigenvalue weighted by Crippen LogP contribution is 2.40. The highest BCUT2D eigenvalue weighted by molar-refractivity contribution is 7.12. The van der Waals surface area contributed by atoms with E-state index in [4.69, 9.17) is 9.47 Å². The molecule has 0 N–H and O–H groups in total. The topological polar surface area (TPSA) is 59.1 Å². The van der Waals surface area contributed by atoms with Crippen LogP contribution >= 0.6 is 11.3 Å². The highest BCUT2D eigenvalue weighted by Gasteiger charge is 2.43. The quantitative estimate of drug-likeness (QED) is 0.754. The van der Waals surface area contributed by atoms with Gasteiger partial charge in [0, 0.05) is 43.7 Å². The van der Waals surface area contributed by atoms with Crippen LogP contribution in [-0.4, -0.2) is 62.0 Å². The summed E-state index contributed by atoms with van der Waals surface area (Å²) in [6.45, 7) is 2.55. The number of benzene rings is 1. The van der Waals surface area contributed by atoms with Crippen LogP contribution < -0.4 is 9.47 Å². The fraction of sp³-hybridized carbons (Fsp3) is 0.455. The Kier molecular flexibility index (Phi) is 5.76. The highest BCUT2D eigenvalue weighted by atomic mass is 32.1. The van der Waals surface area contributed by atoms with E-state index in [1.54, 1.807) is 14.2 Å². The van der Waals surface area contributed by atoms with Crippen molar-refractivity contribution in [1.29, 1.82) is 0 Å². The summed E-state index contributed by atoms with van der Waals surface area (Å²) in [4.78, 5) is 30.8. The van der Waals surface area contributed by atoms with Crippen molar-refractivity contribution in [2.45, 2.75) is 18.8 Å². The van der Waals surface area contributed by atoms with Crippen LogP contribution in [-0.2, 0) is 4.79 Å². The van der Waals surface area contributed by atoms with Crippen LogP contribution in [0.4, 0.5) is 0 Å². The van der Waals surface area contributed by atoms with Crippen LogP contribution in [0.15, 0.2) is 35.7 Å². The Morgan fingerprint density at radius 3 is 2.48 bits per heavy atom. The molecule has 2 aliphatic rings. The first-order chi connectivity index (χ1) is 14.1. The van der Waals surface area contributed by atoms with Crippen molar-refractivity contribution in [2.75, 3.05) is 40.4 Å². The maximum Gasteiger partial charge on any atom is 0.263 e. The lowest BCUT2D eigenvalue weighted by Crippen LogP contribution is -2.37. The molecule has 2 aromatic rings. The van der Waals surface area contributed by atoms with Crippen LogP contribution in [0.25, 0.3) is 0 Å². The van der Waals surface area contributed by atoms with Gasteiger partial charge >= 0.3 is 0 Å². The Morgan fingerprint density at radius 2 is 1.83 bits per heavy atom. The van der Waals surface area contributed by atoms with Crippen LogP contribution in [0.1, 0.15) is 34.0 Å². The Morgan fingerprint density at radius 1 is 1.03 bits per heavy atom. The number of hydrogen-bond acceptors (Lipinski definition) is 5. The van der Waals surface area contributed by atoms with Crippen LogP contribution in [0.2, 0.25) is 0 Å². The average Bonchev–Trinajstić information content (AvgIpc) is 3.53. The van der Waals surface area contributed by atoms with E-state index < -0.39 is 0 Å². The van der Waals surface area contributed by atoms with E-state index >= 15 is 0 Å². The summed E-state index contributed by atoms with van der Waals surface area (Å²) in [5.41, 5.74) is 0.951. The van der Waals surface area contributed by atoms with Gasteiger partial charge in [0.2, 0.25) is 5.91 Å². The number of amides is 2. The number of nitrogens with zero attached hydrogens (tertiary/aromatic N) is 2. The zero-order chi connectivity index (χ0) is 20.4. The van der Waals surface area contributed by atoms with Gasteiger partial charge < -0.3 is 19.3 Å². The van der Waals surface area contributed by atoms with Gasteiger partial charge in [-0.3, -0.25) is 9.59 Å². The molecule has 0 aliphatic carbocycles. The van der Waals surface area contributed by atoms with E-state index in [1.165, 1.54) is 11.3 Å². The monoisotopic (exact) mass is 414 g/mol. The van der Waals surface area contributed by atoms with Gasteiger partial charge in [0.1, 0.15) is 11.5 Å². The van der Waals surface area contributed by atoms with E-state index in [1.807, 2.05) is 45.5 Å². The first-order valence-corrected chi connectivity index (χ1v) is 10.8. The van der Waals surface area contributed by atoms with Crippen molar-refractivity contribution in [2.24, 2.45) is 5.92 Å². The normalized spacial score (nSPS) is 21.4. The van der Waals surface area contributed by atoms with Gasteiger partial charge in [-0.15, -0.1) is 11.3 Å². The van der Waals surface area contributed by atoms with Crippen LogP contribution in [0.5, 0.6) is 11.5 Å². The number of carbonyl (C=O) groups is 2. The average molecular weight is 415 g/mol. The molecule has 2 atom stereocenters. The molecule has 6 nitrogen and oxygen atoms in total. The lowest BCUT2D eigenvalue weighted by Gasteiger charge is -2.25. The van der Waals surface area contributed by atoms with Crippen LogP contribution in [0.3, 0.4) is 0 Å². The van der Waals surface area contributed by atoms with Gasteiger partial charge in [0.15, 0.2) is 0 Å². The van der Waals surface area contributed by atoms with Gasteiger partial charge in [-0.1, -0.05) is 12.1 Å². The number of likely N-dealkylation sites (tertiary alicyclic amines) is 2. The van der Waals surface area contributed by atoms with E-state index in [-0.39, 0.29) is 23.7 Å². The molecule has 2 fully saturated rings. The summed E-state index contributed by atoms with van der Waals surface area (Å²) in [7, 11) is 3.24. The minimum Gasteiger partial charge on any atom is -0.497 e. The van der Waals surface area contributed by atoms with Crippen LogP contribution in [0, 0.1) is 5.92 Å². The van der Waals surface area contributed by atoms with Gasteiger partial charge in [0.25, 0.3) is 5.91 Å². The third kappa shape index (κ3) is 3.83. The molecule has 0 spiro atoms. The fourth-order valence-electron chi connectivity index (χ4n) is 4.39. The molecule has 0 radical (unpaired) electrons. The lowest BCUT2D eigenvalue weighted by molar-refractivity contribution is -0.134. The van der Waals surface area contributed by atoms with Crippen molar-refractivity contribution in [3.63, 3.8) is 0 Å². The molecular weight excluding hydrogens is 388 g/mol. The van der Waals surface area contributed by atoms with Crippen molar-refractivity contribution in [3.05, 3.63) is 46.2 Å². The van der Waals surface area contributed by atoms with E-state index in [0.717, 1.165) is 31.5 Å². The fourth-order valence-corrected chi connectivity index (χ4v) is 5.08. The Labute approximate surface area is 175 Å². The molecule has 0 saturated carbocycles. The SMILES string of the molecule is COc1ccc(C2CN(C(=O)c3cccs3)CC2C(=O)N2CCCC2)c(OC)c1. The molecule has 1 aromatic heterocycles. The van der Waals surface area contributed by atoms with Crippen molar-refractivity contribution < 1.29 is 19.1 Å². The molecule has 1 aromatic carbocycles. The minimum atomic E-state index is -0.265. The maximum atomic E-state index is 13.3. The molecule has 154 valence electrons. The first kappa shape index (κ1) is 19.8. The van der Waals surface area contributed by atoms with E-state index in [2.05, 4.69) is 0 Å². The van der Waals surface area contributed by atoms with Crippen molar-refractivity contribution in [1.82, 2.24) is 9.80 Å². The van der Waals surface area contributed by atoms with Gasteiger partial charge in [-0.25, -0.2) is 0 Å². The summed E-state index contributed by atoms with van der Waals surface area (Å²) in [5.74, 6) is 1.17. The number of hydrogen-bond donors (Lipinski definition) is 0. The Hall–Kier alpha value is -2.54. The van der Waals surface area contributed by atoms with E-state index in [9.17, 15) is 9.59 Å². The summed E-state index contributed by atoms with van der Waals surface area (Å²) in [5, 5.41) is 1.90. The standard InChI is InChI=1S/C22H26N2O4S/c1-27-15-7-8-16(19(12-15)28-2)17-13-24(22(26)20-6-5-11-29-20)14-18(17)21(25)23-9-3-4-10-23/h5-8,11-12,17-18H,3-4,9-10,13-14H2,1-2H3. The van der Waals surface area contributed by atoms with Crippen molar-refractivity contribution >= 4 is 23.2 Å². The number of carbonyl (C=O) groups excluding carboxylic acids is 2. The summed E-state index contributed by atoms with van der Waals surface area (Å²) < 4.78 is 10.9. The second-order valence-electron chi connectivity index (χ2n) is 7.54. The molecule has 2 aliphatic heterocycles. The zero-order valence-electron chi connectivity index (χ0n) is 16.8. The maximum absolute atomic E-state index is 13.3. The summed E-state index contributed by atoms with van der Waals surface area (Å²) >= 11 is 1.43. The Balaban J connectivity index is 1.66. The number of thiophene rings is 1. The van der Waals surface area contributed by atoms with Gasteiger partial charge in [0.05, 0.1) is 25.0 Å². The molecular formula is C22H26N2O4S. The molecule has 7 heteroatoms. The predicted molar refractivity (Wildman–Crippen MR) is 112 cm³/mol. The largest absolute Gasteiger partial charge is 0.497 e. The Bertz CT molecular complexity index is 877. The van der Waals surface area contributed by atoms with E-state index in [0.29, 0.717) is 29.5 Å². The number of methoxy groups -OCH3 is 2. The lowest BCUT2D eigenvalue weighted by atomic mass is 9.87. The molecule has 2 saturated heterocycles. The predicted octanol–water partition coefficient (Wildman–Crippen LogP) is 3.24. The summed E-state index contributed by atoms with van der Waals surface area (Å²) in [6, 6.07) is 9.41. The molecule has 0 bridgehead atoms. The number of rotatable bonds is 5. The third-order valence-corrected chi connectivity index (χ3v) is 6.77. The summed E-state index contributed by atoms with van der Waals surface area (Å²) in [6.07, 6.45) is 2.10. The second-order valence-corrected chi connectivity index (χ2v) is 8.49. The number of ether oxygens (including phenoxy) is 2. The van der Waals surface area contributed by atoms with Crippen molar-refractivity contribution in [3.8, 4) is 11.5 Å².